The van der Waals surface area contributed by atoms with Gasteiger partial charge in [-0.2, -0.15) is 0 Å². The van der Waals surface area contributed by atoms with E-state index in [9.17, 15) is 9.59 Å². The first-order valence-corrected chi connectivity index (χ1v) is 11.8. The van der Waals surface area contributed by atoms with Gasteiger partial charge in [0.15, 0.2) is 5.11 Å². The number of hydrogen-bond acceptors (Lipinski definition) is 6. The molecule has 0 bridgehead atoms. The molecule has 1 aromatic heterocycles. The Morgan fingerprint density at radius 3 is 2.27 bits per heavy atom. The molecule has 0 saturated heterocycles. The highest BCUT2D eigenvalue weighted by Gasteiger charge is 2.25. The minimum atomic E-state index is -0.404. The summed E-state index contributed by atoms with van der Waals surface area (Å²) in [5, 5.41) is 7.15. The zero-order valence-corrected chi connectivity index (χ0v) is 20.6. The van der Waals surface area contributed by atoms with Gasteiger partial charge >= 0.3 is 11.9 Å². The van der Waals surface area contributed by atoms with Crippen molar-refractivity contribution in [3.8, 4) is 11.1 Å². The second-order valence-corrected chi connectivity index (χ2v) is 9.07. The van der Waals surface area contributed by atoms with E-state index in [-0.39, 0.29) is 18.7 Å². The van der Waals surface area contributed by atoms with E-state index < -0.39 is 5.97 Å². The van der Waals surface area contributed by atoms with Crippen molar-refractivity contribution in [1.82, 2.24) is 0 Å². The summed E-state index contributed by atoms with van der Waals surface area (Å²) < 4.78 is 10.5. The minimum absolute atomic E-state index is 0.185. The van der Waals surface area contributed by atoms with Crippen molar-refractivity contribution >= 4 is 51.3 Å². The van der Waals surface area contributed by atoms with Gasteiger partial charge in [-0.1, -0.05) is 30.3 Å². The van der Waals surface area contributed by atoms with Crippen LogP contribution in [0.5, 0.6) is 0 Å². The molecule has 3 rings (SSSR count). The van der Waals surface area contributed by atoms with Crippen molar-refractivity contribution in [3.63, 3.8) is 0 Å². The maximum atomic E-state index is 12.8. The molecule has 8 heteroatoms. The highest BCUT2D eigenvalue weighted by atomic mass is 32.1. The van der Waals surface area contributed by atoms with Crippen molar-refractivity contribution < 1.29 is 19.1 Å². The minimum Gasteiger partial charge on any atom is -0.462 e. The van der Waals surface area contributed by atoms with Crippen LogP contribution in [-0.2, 0) is 9.47 Å². The number of ether oxygens (including phenoxy) is 2. The summed E-state index contributed by atoms with van der Waals surface area (Å²) in [6, 6.07) is 16.5. The highest BCUT2D eigenvalue weighted by Crippen LogP contribution is 2.40. The van der Waals surface area contributed by atoms with Crippen molar-refractivity contribution in [2.45, 2.75) is 33.8 Å². The molecule has 0 aliphatic carbocycles. The van der Waals surface area contributed by atoms with Gasteiger partial charge in [0.1, 0.15) is 10.6 Å². The summed E-state index contributed by atoms with van der Waals surface area (Å²) in [7, 11) is 0. The zero-order valence-electron chi connectivity index (χ0n) is 18.9. The van der Waals surface area contributed by atoms with Gasteiger partial charge in [-0.15, -0.1) is 11.3 Å². The van der Waals surface area contributed by atoms with Crippen LogP contribution in [0.4, 0.5) is 10.7 Å². The lowest BCUT2D eigenvalue weighted by Gasteiger charge is -2.12. The van der Waals surface area contributed by atoms with Gasteiger partial charge in [-0.05, 0) is 69.7 Å². The fraction of sp³-hybridized carbons (Fsp3) is 0.240. The lowest BCUT2D eigenvalue weighted by atomic mass is 10.0. The van der Waals surface area contributed by atoms with Crippen LogP contribution in [-0.4, -0.2) is 29.8 Å². The highest BCUT2D eigenvalue weighted by molar-refractivity contribution is 7.80. The number of aryl methyl sites for hydroxylation is 1. The van der Waals surface area contributed by atoms with E-state index in [0.717, 1.165) is 16.0 Å². The van der Waals surface area contributed by atoms with Gasteiger partial charge in [-0.3, -0.25) is 0 Å². The number of anilines is 2. The lowest BCUT2D eigenvalue weighted by molar-refractivity contribution is 0.0377. The monoisotopic (exact) mass is 482 g/mol. The van der Waals surface area contributed by atoms with Crippen LogP contribution in [0.2, 0.25) is 0 Å². The Morgan fingerprint density at radius 1 is 1.00 bits per heavy atom. The normalized spacial score (nSPS) is 10.6. The maximum Gasteiger partial charge on any atom is 0.341 e. The zero-order chi connectivity index (χ0) is 24.0. The Balaban J connectivity index is 1.81. The molecular formula is C25H26N2O4S2. The Hall–Kier alpha value is -3.23. The van der Waals surface area contributed by atoms with Gasteiger partial charge < -0.3 is 20.1 Å². The molecule has 2 N–H and O–H groups in total. The van der Waals surface area contributed by atoms with Gasteiger partial charge in [0.2, 0.25) is 0 Å². The third kappa shape index (κ3) is 6.18. The first-order valence-electron chi connectivity index (χ1n) is 10.5. The average Bonchev–Trinajstić information content (AvgIpc) is 3.10. The average molecular weight is 483 g/mol. The molecule has 0 atom stereocenters. The number of rotatable bonds is 7. The standard InChI is InChI=1S/C25H26N2O4S2/c1-5-30-24(29)21-20(17-9-7-6-8-10-17)16(4)33-22(21)27-25(32)26-19-13-11-18(12-14-19)23(28)31-15(2)3/h6-15H,5H2,1-4H3,(H2,26,27,32). The molecule has 0 spiro atoms. The number of thiocarbonyl (C=S) groups is 1. The predicted molar refractivity (Wildman–Crippen MR) is 137 cm³/mol. The molecule has 6 nitrogen and oxygen atoms in total. The van der Waals surface area contributed by atoms with Crippen LogP contribution in [0.3, 0.4) is 0 Å². The van der Waals surface area contributed by atoms with Crippen molar-refractivity contribution in [2.75, 3.05) is 17.2 Å². The molecule has 33 heavy (non-hydrogen) atoms. The molecule has 0 saturated carbocycles. The fourth-order valence-corrected chi connectivity index (χ4v) is 4.57. The summed E-state index contributed by atoms with van der Waals surface area (Å²) in [5.74, 6) is -0.780. The number of carbonyl (C=O) groups is 2. The van der Waals surface area contributed by atoms with Gasteiger partial charge in [0.05, 0.1) is 18.3 Å². The molecular weight excluding hydrogens is 456 g/mol. The number of benzene rings is 2. The number of carbonyl (C=O) groups excluding carboxylic acids is 2. The largest absolute Gasteiger partial charge is 0.462 e. The smallest absolute Gasteiger partial charge is 0.341 e. The van der Waals surface area contributed by atoms with Crippen LogP contribution < -0.4 is 10.6 Å². The van der Waals surface area contributed by atoms with Crippen LogP contribution in [0, 0.1) is 6.92 Å². The summed E-state index contributed by atoms with van der Waals surface area (Å²) in [5.41, 5.74) is 3.38. The van der Waals surface area contributed by atoms with E-state index in [1.165, 1.54) is 11.3 Å². The van der Waals surface area contributed by atoms with E-state index in [4.69, 9.17) is 21.7 Å². The SMILES string of the molecule is CCOC(=O)c1c(NC(=S)Nc2ccc(C(=O)OC(C)C)cc2)sc(C)c1-c1ccccc1. The molecule has 0 amide bonds. The third-order valence-electron chi connectivity index (χ3n) is 4.57. The molecule has 3 aromatic rings. The predicted octanol–water partition coefficient (Wildman–Crippen LogP) is 6.27. The molecule has 2 aromatic carbocycles. The Kier molecular flexibility index (Phi) is 8.19. The van der Waals surface area contributed by atoms with E-state index in [1.807, 2.05) is 37.3 Å². The second kappa shape index (κ2) is 11.1. The van der Waals surface area contributed by atoms with Crippen LogP contribution >= 0.6 is 23.6 Å². The number of nitrogens with one attached hydrogen (secondary N) is 2. The van der Waals surface area contributed by atoms with Crippen molar-refractivity contribution in [3.05, 3.63) is 70.6 Å². The Labute approximate surface area is 202 Å². The Morgan fingerprint density at radius 2 is 1.67 bits per heavy atom. The molecule has 0 aliphatic heterocycles. The topological polar surface area (TPSA) is 76.7 Å². The van der Waals surface area contributed by atoms with E-state index in [1.54, 1.807) is 45.0 Å². The molecule has 0 aliphatic rings. The molecule has 1 heterocycles. The second-order valence-electron chi connectivity index (χ2n) is 7.43. The first-order chi connectivity index (χ1) is 15.8. The third-order valence-corrected chi connectivity index (χ3v) is 5.80. The summed E-state index contributed by atoms with van der Waals surface area (Å²) in [6.45, 7) is 7.62. The molecule has 0 fully saturated rings. The van der Waals surface area contributed by atoms with Gasteiger partial charge in [0.25, 0.3) is 0 Å². The summed E-state index contributed by atoms with van der Waals surface area (Å²) in [4.78, 5) is 25.8. The lowest BCUT2D eigenvalue weighted by Crippen LogP contribution is -2.20. The summed E-state index contributed by atoms with van der Waals surface area (Å²) in [6.07, 6.45) is -0.185. The van der Waals surface area contributed by atoms with Crippen LogP contribution in [0.25, 0.3) is 11.1 Å². The maximum absolute atomic E-state index is 12.8. The van der Waals surface area contributed by atoms with Crippen LogP contribution in [0.1, 0.15) is 46.4 Å². The molecule has 0 radical (unpaired) electrons. The number of hydrogen-bond donors (Lipinski definition) is 2. The quantitative estimate of drug-likeness (QED) is 0.303. The van der Waals surface area contributed by atoms with Gasteiger partial charge in [0, 0.05) is 16.1 Å². The van der Waals surface area contributed by atoms with Gasteiger partial charge in [-0.25, -0.2) is 9.59 Å². The summed E-state index contributed by atoms with van der Waals surface area (Å²) >= 11 is 6.92. The fourth-order valence-electron chi connectivity index (χ4n) is 3.22. The molecule has 0 unspecified atom stereocenters. The molecule has 172 valence electrons. The van der Waals surface area contributed by atoms with Crippen molar-refractivity contribution in [1.29, 1.82) is 0 Å². The number of thiophene rings is 1. The van der Waals surface area contributed by atoms with E-state index in [0.29, 0.717) is 26.9 Å². The van der Waals surface area contributed by atoms with E-state index in [2.05, 4.69) is 10.6 Å². The van der Waals surface area contributed by atoms with Crippen LogP contribution in [0.15, 0.2) is 54.6 Å². The first kappa shape index (κ1) is 24.4. The van der Waals surface area contributed by atoms with Crippen molar-refractivity contribution in [2.24, 2.45) is 0 Å². The Bertz CT molecular complexity index is 1140. The number of esters is 2. The van der Waals surface area contributed by atoms with E-state index >= 15 is 0 Å².